The molecule has 1 aliphatic rings. The van der Waals surface area contributed by atoms with Gasteiger partial charge >= 0.3 is 6.09 Å². The molecule has 1 fully saturated rings. The number of hydrogen-bond donors (Lipinski definition) is 1. The van der Waals surface area contributed by atoms with Crippen molar-refractivity contribution in [3.05, 3.63) is 112 Å². The monoisotopic (exact) mass is 663 g/mol. The van der Waals surface area contributed by atoms with Gasteiger partial charge in [-0.3, -0.25) is 19.6 Å². The molecule has 48 heavy (non-hydrogen) atoms. The molecule has 0 bridgehead atoms. The number of rotatable bonds is 10. The molecule has 0 saturated carbocycles. The van der Waals surface area contributed by atoms with E-state index in [2.05, 4.69) is 39.3 Å². The molecule has 0 atom stereocenters. The summed E-state index contributed by atoms with van der Waals surface area (Å²) in [7, 11) is 2.16. The average Bonchev–Trinajstić information content (AvgIpc) is 3.11. The minimum absolute atomic E-state index is 0.146. The minimum Gasteiger partial charge on any atom is -0.444 e. The lowest BCUT2D eigenvalue weighted by Gasteiger charge is -2.32. The smallest absolute Gasteiger partial charge is 0.412 e. The molecular weight excluding hydrogens is 623 g/mol. The second kappa shape index (κ2) is 15.0. The van der Waals surface area contributed by atoms with Crippen LogP contribution >= 0.6 is 11.8 Å². The molecule has 11 heteroatoms. The van der Waals surface area contributed by atoms with Gasteiger partial charge in [0.1, 0.15) is 12.3 Å². The van der Waals surface area contributed by atoms with Crippen LogP contribution in [0.5, 0.6) is 0 Å². The van der Waals surface area contributed by atoms with E-state index in [0.29, 0.717) is 34.4 Å². The van der Waals surface area contributed by atoms with Crippen molar-refractivity contribution in [2.75, 3.05) is 56.2 Å². The zero-order valence-corrected chi connectivity index (χ0v) is 28.7. The Balaban J connectivity index is 1.36. The highest BCUT2D eigenvalue weighted by molar-refractivity contribution is 7.98. The SMILES string of the molecule is CCN(c1cccc(C)c1NC(=O)OCc1ccccc1)c1cc2cnc(SC)nc2n(-c2ccc(CN3CCN(C)CC3)cc2)c1=O. The van der Waals surface area contributed by atoms with E-state index in [4.69, 9.17) is 9.72 Å². The number of hydrogen-bond acceptors (Lipinski definition) is 9. The van der Waals surface area contributed by atoms with Crippen LogP contribution in [0.1, 0.15) is 23.6 Å². The standard InChI is InChI=1S/C37H41N7O3S/c1-5-43(31-13-9-10-26(2)33(31)39-37(46)47-25-28-11-7-6-8-12-28)32-22-29-23-38-36(48-4)40-34(29)44(35(32)45)30-16-14-27(15-17-30)24-42-20-18-41(3)19-21-42/h6-17,22-23H,5,18-21,24-25H2,1-4H3,(H,39,46). The van der Waals surface area contributed by atoms with Crippen LogP contribution in [0.25, 0.3) is 16.7 Å². The molecule has 0 unspecified atom stereocenters. The third kappa shape index (κ3) is 7.38. The Bertz CT molecular complexity index is 1940. The Labute approximate surface area is 285 Å². The van der Waals surface area contributed by atoms with Gasteiger partial charge in [-0.15, -0.1) is 0 Å². The highest BCUT2D eigenvalue weighted by Gasteiger charge is 2.22. The van der Waals surface area contributed by atoms with E-state index in [9.17, 15) is 9.59 Å². The van der Waals surface area contributed by atoms with Crippen molar-refractivity contribution >= 4 is 46.0 Å². The van der Waals surface area contributed by atoms with Crippen molar-refractivity contribution in [3.63, 3.8) is 0 Å². The molecule has 248 valence electrons. The summed E-state index contributed by atoms with van der Waals surface area (Å²) in [4.78, 5) is 43.6. The van der Waals surface area contributed by atoms with Crippen LogP contribution in [0, 0.1) is 6.92 Å². The van der Waals surface area contributed by atoms with Crippen molar-refractivity contribution in [1.82, 2.24) is 24.3 Å². The van der Waals surface area contributed by atoms with E-state index in [1.165, 1.54) is 17.3 Å². The molecule has 2 aromatic heterocycles. The highest BCUT2D eigenvalue weighted by Crippen LogP contribution is 2.35. The van der Waals surface area contributed by atoms with Gasteiger partial charge in [-0.25, -0.2) is 14.8 Å². The summed E-state index contributed by atoms with van der Waals surface area (Å²) in [6.07, 6.45) is 3.11. The van der Waals surface area contributed by atoms with Crippen molar-refractivity contribution in [1.29, 1.82) is 0 Å². The number of amides is 1. The van der Waals surface area contributed by atoms with Gasteiger partial charge in [0, 0.05) is 50.9 Å². The van der Waals surface area contributed by atoms with Crippen LogP contribution < -0.4 is 15.8 Å². The van der Waals surface area contributed by atoms with Gasteiger partial charge in [-0.2, -0.15) is 0 Å². The average molecular weight is 664 g/mol. The lowest BCUT2D eigenvalue weighted by atomic mass is 10.1. The first kappa shape index (κ1) is 33.2. The number of carbonyl (C=O) groups excluding carboxylic acids is 1. The predicted molar refractivity (Wildman–Crippen MR) is 194 cm³/mol. The number of carbonyl (C=O) groups is 1. The van der Waals surface area contributed by atoms with Crippen molar-refractivity contribution in [2.24, 2.45) is 0 Å². The zero-order chi connectivity index (χ0) is 33.6. The number of nitrogens with one attached hydrogen (secondary N) is 1. The number of likely N-dealkylation sites (N-methyl/N-ethyl adjacent to an activating group) is 1. The van der Waals surface area contributed by atoms with Crippen molar-refractivity contribution in [2.45, 2.75) is 32.2 Å². The largest absolute Gasteiger partial charge is 0.444 e. The number of fused-ring (bicyclic) bond motifs is 1. The number of nitrogens with zero attached hydrogens (tertiary/aromatic N) is 6. The number of benzene rings is 3. The number of aryl methyl sites for hydroxylation is 1. The van der Waals surface area contributed by atoms with Crippen LogP contribution in [-0.2, 0) is 17.9 Å². The second-order valence-corrected chi connectivity index (χ2v) is 12.7. The van der Waals surface area contributed by atoms with Crippen molar-refractivity contribution < 1.29 is 9.53 Å². The Morgan fingerprint density at radius 1 is 0.958 bits per heavy atom. The van der Waals surface area contributed by atoms with E-state index in [-0.39, 0.29) is 12.2 Å². The summed E-state index contributed by atoms with van der Waals surface area (Å²) in [5.41, 5.74) is 5.67. The van der Waals surface area contributed by atoms with Crippen LogP contribution in [0.3, 0.4) is 0 Å². The van der Waals surface area contributed by atoms with Gasteiger partial charge in [0.05, 0.1) is 17.1 Å². The molecule has 5 aromatic rings. The minimum atomic E-state index is -0.573. The second-order valence-electron chi connectivity index (χ2n) is 12.0. The topological polar surface area (TPSA) is 95.8 Å². The van der Waals surface area contributed by atoms with Crippen LogP contribution in [0.2, 0.25) is 0 Å². The summed E-state index contributed by atoms with van der Waals surface area (Å²) in [5.74, 6) is 0. The number of ether oxygens (including phenoxy) is 1. The number of piperazine rings is 1. The van der Waals surface area contributed by atoms with E-state index in [0.717, 1.165) is 54.9 Å². The maximum atomic E-state index is 14.6. The van der Waals surface area contributed by atoms with Gasteiger partial charge in [0.2, 0.25) is 0 Å². The molecule has 0 radical (unpaired) electrons. The molecule has 3 heterocycles. The zero-order valence-electron chi connectivity index (χ0n) is 27.8. The molecule has 1 saturated heterocycles. The first-order valence-corrected chi connectivity index (χ1v) is 17.4. The lowest BCUT2D eigenvalue weighted by molar-refractivity contribution is 0.148. The summed E-state index contributed by atoms with van der Waals surface area (Å²) in [6.45, 7) is 9.56. The fourth-order valence-corrected chi connectivity index (χ4v) is 6.32. The summed E-state index contributed by atoms with van der Waals surface area (Å²) < 4.78 is 7.22. The van der Waals surface area contributed by atoms with Crippen LogP contribution in [0.15, 0.2) is 95.0 Å². The number of thioether (sulfide) groups is 1. The third-order valence-corrected chi connectivity index (χ3v) is 9.23. The Kier molecular flexibility index (Phi) is 10.4. The van der Waals surface area contributed by atoms with Crippen LogP contribution in [0.4, 0.5) is 21.9 Å². The maximum Gasteiger partial charge on any atom is 0.412 e. The quantitative estimate of drug-likeness (QED) is 0.133. The molecule has 6 rings (SSSR count). The van der Waals surface area contributed by atoms with Crippen LogP contribution in [-0.4, -0.2) is 76.5 Å². The highest BCUT2D eigenvalue weighted by atomic mass is 32.2. The van der Waals surface area contributed by atoms with E-state index < -0.39 is 6.09 Å². The molecule has 1 aliphatic heterocycles. The number of aromatic nitrogens is 3. The molecule has 1 N–H and O–H groups in total. The molecule has 0 spiro atoms. The Hall–Kier alpha value is -4.71. The van der Waals surface area contributed by atoms with E-state index in [1.54, 1.807) is 10.8 Å². The number of para-hydroxylation sites is 1. The molecule has 0 aliphatic carbocycles. The maximum absolute atomic E-state index is 14.6. The fraction of sp³-hybridized carbons (Fsp3) is 0.297. The van der Waals surface area contributed by atoms with Gasteiger partial charge in [-0.1, -0.05) is 66.4 Å². The molecule has 1 amide bonds. The number of pyridine rings is 1. The normalized spacial score (nSPS) is 13.8. The van der Waals surface area contributed by atoms with Gasteiger partial charge in [-0.05, 0) is 68.1 Å². The summed E-state index contributed by atoms with van der Waals surface area (Å²) >= 11 is 1.43. The van der Waals surface area contributed by atoms with Gasteiger partial charge in [0.25, 0.3) is 5.56 Å². The third-order valence-electron chi connectivity index (χ3n) is 8.67. The summed E-state index contributed by atoms with van der Waals surface area (Å²) in [5, 5.41) is 4.26. The number of anilines is 3. The van der Waals surface area contributed by atoms with Crippen molar-refractivity contribution in [3.8, 4) is 5.69 Å². The molecule has 3 aromatic carbocycles. The van der Waals surface area contributed by atoms with E-state index in [1.807, 2.05) is 91.7 Å². The Morgan fingerprint density at radius 3 is 2.42 bits per heavy atom. The first-order valence-electron chi connectivity index (χ1n) is 16.2. The first-order chi connectivity index (χ1) is 23.3. The summed E-state index contributed by atoms with van der Waals surface area (Å²) in [6, 6.07) is 25.3. The fourth-order valence-electron chi connectivity index (χ4n) is 5.98. The predicted octanol–water partition coefficient (Wildman–Crippen LogP) is 6.47. The van der Waals surface area contributed by atoms with E-state index >= 15 is 0 Å². The van der Waals surface area contributed by atoms with Gasteiger partial charge < -0.3 is 14.5 Å². The molecule has 10 nitrogen and oxygen atoms in total. The lowest BCUT2D eigenvalue weighted by Crippen LogP contribution is -2.43. The Morgan fingerprint density at radius 2 is 1.71 bits per heavy atom. The van der Waals surface area contributed by atoms with Gasteiger partial charge in [0.15, 0.2) is 10.8 Å². The molecular formula is C37H41N7O3S.